The summed E-state index contributed by atoms with van der Waals surface area (Å²) in [6.07, 6.45) is 3.77. The summed E-state index contributed by atoms with van der Waals surface area (Å²) < 4.78 is 1.78. The molecule has 3 nitrogen and oxygen atoms in total. The van der Waals surface area contributed by atoms with Gasteiger partial charge in [0.2, 0.25) is 5.70 Å². The van der Waals surface area contributed by atoms with E-state index < -0.39 is 0 Å². The molecule has 0 radical (unpaired) electrons. The highest BCUT2D eigenvalue weighted by Crippen LogP contribution is 2.26. The summed E-state index contributed by atoms with van der Waals surface area (Å²) in [6.45, 7) is 6.46. The van der Waals surface area contributed by atoms with Crippen molar-refractivity contribution in [2.24, 2.45) is 0 Å². The standard InChI is InChI=1S/C28H25ClN2OS/c1-28(2,3)21-14-16-31(17-15-21)25(26(32)20-10-6-11-22(29)18-20)27(33)30-24-13-7-9-19-8-4-5-12-23(19)24/h4-18H,1-3H3,(H-,30,32,33). The van der Waals surface area contributed by atoms with Gasteiger partial charge >= 0.3 is 0 Å². The molecule has 4 aromatic rings. The summed E-state index contributed by atoms with van der Waals surface area (Å²) in [7, 11) is 0. The predicted molar refractivity (Wildman–Crippen MR) is 140 cm³/mol. The van der Waals surface area contributed by atoms with E-state index in [1.165, 1.54) is 5.56 Å². The summed E-state index contributed by atoms with van der Waals surface area (Å²) in [5.41, 5.74) is 2.85. The molecule has 0 saturated carbocycles. The highest BCUT2D eigenvalue weighted by atomic mass is 35.5. The number of pyridine rings is 1. The molecular formula is C28H25ClN2OS. The zero-order valence-electron chi connectivity index (χ0n) is 18.8. The van der Waals surface area contributed by atoms with Crippen molar-refractivity contribution in [3.05, 3.63) is 107 Å². The van der Waals surface area contributed by atoms with E-state index >= 15 is 0 Å². The van der Waals surface area contributed by atoms with Crippen LogP contribution in [0.25, 0.3) is 22.2 Å². The first-order valence-electron chi connectivity index (χ1n) is 10.7. The lowest BCUT2D eigenvalue weighted by atomic mass is 9.88. The highest BCUT2D eigenvalue weighted by molar-refractivity contribution is 7.81. The van der Waals surface area contributed by atoms with E-state index in [9.17, 15) is 5.11 Å². The van der Waals surface area contributed by atoms with Crippen LogP contribution in [0.4, 0.5) is 5.69 Å². The van der Waals surface area contributed by atoms with E-state index in [1.54, 1.807) is 28.8 Å². The molecule has 0 saturated heterocycles. The number of nitrogens with zero attached hydrogens (tertiary/aromatic N) is 1. The number of thiocarbonyl (C=S) groups is 1. The molecule has 0 spiro atoms. The molecule has 4 rings (SSSR count). The fourth-order valence-corrected chi connectivity index (χ4v) is 4.19. The minimum Gasteiger partial charge on any atom is -0.867 e. The van der Waals surface area contributed by atoms with Gasteiger partial charge in [-0.1, -0.05) is 93.1 Å². The minimum absolute atomic E-state index is 0.00205. The van der Waals surface area contributed by atoms with Gasteiger partial charge in [-0.3, -0.25) is 0 Å². The number of fused-ring (bicyclic) bond motifs is 1. The lowest BCUT2D eigenvalue weighted by molar-refractivity contribution is -0.577. The van der Waals surface area contributed by atoms with Crippen LogP contribution in [0.1, 0.15) is 31.9 Å². The number of nitrogens with one attached hydrogen (secondary N) is 1. The van der Waals surface area contributed by atoms with Crippen molar-refractivity contribution < 1.29 is 9.67 Å². The Balaban J connectivity index is 1.82. The first kappa shape index (κ1) is 23.0. The first-order chi connectivity index (χ1) is 15.7. The third-order valence-electron chi connectivity index (χ3n) is 5.51. The molecule has 0 aliphatic heterocycles. The van der Waals surface area contributed by atoms with Crippen LogP contribution in [0.2, 0.25) is 5.02 Å². The number of aromatic nitrogens is 1. The first-order valence-corrected chi connectivity index (χ1v) is 11.5. The van der Waals surface area contributed by atoms with Crippen molar-refractivity contribution in [3.63, 3.8) is 0 Å². The quantitative estimate of drug-likeness (QED) is 0.166. The third-order valence-corrected chi connectivity index (χ3v) is 6.04. The van der Waals surface area contributed by atoms with Gasteiger partial charge in [0, 0.05) is 28.2 Å². The van der Waals surface area contributed by atoms with Gasteiger partial charge in [-0.15, -0.1) is 0 Å². The summed E-state index contributed by atoms with van der Waals surface area (Å²) in [5.74, 6) is -0.205. The Morgan fingerprint density at radius 1 is 0.909 bits per heavy atom. The Hall–Kier alpha value is -3.21. The van der Waals surface area contributed by atoms with E-state index in [1.807, 2.05) is 67.0 Å². The van der Waals surface area contributed by atoms with Crippen LogP contribution >= 0.6 is 23.8 Å². The Morgan fingerprint density at radius 2 is 1.58 bits per heavy atom. The van der Waals surface area contributed by atoms with Crippen LogP contribution in [0.3, 0.4) is 0 Å². The van der Waals surface area contributed by atoms with Crippen LogP contribution in [0.5, 0.6) is 0 Å². The lowest BCUT2D eigenvalue weighted by Gasteiger charge is -2.20. The average molecular weight is 473 g/mol. The van der Waals surface area contributed by atoms with Gasteiger partial charge in [0.15, 0.2) is 17.4 Å². The van der Waals surface area contributed by atoms with E-state index in [4.69, 9.17) is 23.8 Å². The second-order valence-electron chi connectivity index (χ2n) is 8.91. The highest BCUT2D eigenvalue weighted by Gasteiger charge is 2.22. The maximum Gasteiger partial charge on any atom is 0.238 e. The molecule has 0 aliphatic rings. The van der Waals surface area contributed by atoms with Crippen LogP contribution in [0.15, 0.2) is 91.3 Å². The molecule has 0 unspecified atom stereocenters. The second kappa shape index (κ2) is 9.34. The van der Waals surface area contributed by atoms with Crippen molar-refractivity contribution in [3.8, 4) is 0 Å². The summed E-state index contributed by atoms with van der Waals surface area (Å²) in [5, 5.41) is 19.6. The van der Waals surface area contributed by atoms with Gasteiger partial charge in [-0.25, -0.2) is 0 Å². The normalized spacial score (nSPS) is 12.4. The Labute approximate surface area is 205 Å². The molecule has 0 aliphatic carbocycles. The largest absolute Gasteiger partial charge is 0.867 e. The van der Waals surface area contributed by atoms with E-state index in [0.29, 0.717) is 21.3 Å². The van der Waals surface area contributed by atoms with Crippen molar-refractivity contribution in [1.82, 2.24) is 0 Å². The third kappa shape index (κ3) is 5.08. The smallest absolute Gasteiger partial charge is 0.238 e. The number of hydrogen-bond donors (Lipinski definition) is 1. The fourth-order valence-electron chi connectivity index (χ4n) is 3.70. The number of anilines is 1. The van der Waals surface area contributed by atoms with Gasteiger partial charge < -0.3 is 10.4 Å². The van der Waals surface area contributed by atoms with Crippen molar-refractivity contribution in [2.75, 3.05) is 5.32 Å². The molecular weight excluding hydrogens is 448 g/mol. The maximum atomic E-state index is 13.6. The average Bonchev–Trinajstić information content (AvgIpc) is 2.79. The molecule has 3 aromatic carbocycles. The van der Waals surface area contributed by atoms with Crippen molar-refractivity contribution in [1.29, 1.82) is 0 Å². The molecule has 1 N–H and O–H groups in total. The van der Waals surface area contributed by atoms with Crippen LogP contribution in [0, 0.1) is 0 Å². The number of hydrogen-bond acceptors (Lipinski definition) is 2. The second-order valence-corrected chi connectivity index (χ2v) is 9.76. The van der Waals surface area contributed by atoms with Crippen molar-refractivity contribution >= 4 is 56.7 Å². The van der Waals surface area contributed by atoms with Gasteiger partial charge in [0.05, 0.1) is 0 Å². The topological polar surface area (TPSA) is 39.0 Å². The molecule has 1 aromatic heterocycles. The Morgan fingerprint density at radius 3 is 2.27 bits per heavy atom. The van der Waals surface area contributed by atoms with Crippen LogP contribution < -0.4 is 15.0 Å². The number of rotatable bonds is 4. The molecule has 0 bridgehead atoms. The Kier molecular flexibility index (Phi) is 6.50. The Bertz CT molecular complexity index is 1350. The molecule has 0 fully saturated rings. The SMILES string of the molecule is CC(C)(C)c1cc[n+](C(C(=S)Nc2cccc3ccccc23)=C([O-])c2cccc(Cl)c2)cc1. The van der Waals surface area contributed by atoms with Crippen LogP contribution in [-0.2, 0) is 5.41 Å². The summed E-state index contributed by atoms with van der Waals surface area (Å²) in [4.78, 5) is 0.338. The zero-order chi connectivity index (χ0) is 23.6. The lowest BCUT2D eigenvalue weighted by Crippen LogP contribution is -2.40. The molecule has 33 heavy (non-hydrogen) atoms. The molecule has 1 heterocycles. The van der Waals surface area contributed by atoms with E-state index in [2.05, 4.69) is 26.1 Å². The maximum absolute atomic E-state index is 13.6. The van der Waals surface area contributed by atoms with Gasteiger partial charge in [0.1, 0.15) is 0 Å². The van der Waals surface area contributed by atoms with Gasteiger partial charge in [-0.2, -0.15) is 4.57 Å². The summed E-state index contributed by atoms with van der Waals surface area (Å²) in [6, 6.07) is 25.0. The molecule has 0 atom stereocenters. The summed E-state index contributed by atoms with van der Waals surface area (Å²) >= 11 is 12.0. The van der Waals surface area contributed by atoms with E-state index in [-0.39, 0.29) is 11.2 Å². The molecule has 5 heteroatoms. The zero-order valence-corrected chi connectivity index (χ0v) is 20.4. The van der Waals surface area contributed by atoms with E-state index in [0.717, 1.165) is 16.5 Å². The predicted octanol–water partition coefficient (Wildman–Crippen LogP) is 6.20. The number of benzene rings is 3. The van der Waals surface area contributed by atoms with Crippen LogP contribution in [-0.4, -0.2) is 4.99 Å². The number of halogens is 1. The molecule has 0 amide bonds. The van der Waals surface area contributed by atoms with Crippen molar-refractivity contribution in [2.45, 2.75) is 26.2 Å². The van der Waals surface area contributed by atoms with Gasteiger partial charge in [0.25, 0.3) is 0 Å². The fraction of sp³-hybridized carbons (Fsp3) is 0.143. The minimum atomic E-state index is -0.205. The monoisotopic (exact) mass is 472 g/mol. The molecule has 166 valence electrons. The van der Waals surface area contributed by atoms with Gasteiger partial charge in [-0.05, 0) is 45.9 Å².